The molecule has 2 N–H and O–H groups in total. The fraction of sp³-hybridized carbons (Fsp3) is 0.200. The second-order valence-corrected chi connectivity index (χ2v) is 2.95. The van der Waals surface area contributed by atoms with Crippen LogP contribution in [0, 0.1) is 5.82 Å². The normalized spacial score (nSPS) is 14.5. The van der Waals surface area contributed by atoms with Crippen molar-refractivity contribution in [3.63, 3.8) is 0 Å². The lowest BCUT2D eigenvalue weighted by molar-refractivity contribution is 0.326. The molecule has 0 aliphatic carbocycles. The highest BCUT2D eigenvalue weighted by Gasteiger charge is 2.13. The molecule has 3 heteroatoms. The van der Waals surface area contributed by atoms with Gasteiger partial charge >= 0.3 is 0 Å². The smallest absolute Gasteiger partial charge is 0.165 e. The van der Waals surface area contributed by atoms with E-state index in [9.17, 15) is 4.39 Å². The van der Waals surface area contributed by atoms with E-state index in [-0.39, 0.29) is 5.82 Å². The second kappa shape index (κ2) is 3.18. The van der Waals surface area contributed by atoms with Crippen LogP contribution < -0.4 is 10.5 Å². The van der Waals surface area contributed by atoms with E-state index in [1.807, 2.05) is 12.1 Å². The molecule has 0 fully saturated rings. The van der Waals surface area contributed by atoms with Gasteiger partial charge in [0.1, 0.15) is 6.61 Å². The van der Waals surface area contributed by atoms with Crippen molar-refractivity contribution in [3.05, 3.63) is 35.2 Å². The third-order valence-corrected chi connectivity index (χ3v) is 2.02. The lowest BCUT2D eigenvalue weighted by Crippen LogP contribution is -2.15. The minimum Gasteiger partial charge on any atom is -0.485 e. The second-order valence-electron chi connectivity index (χ2n) is 2.95. The molecule has 0 saturated heterocycles. The van der Waals surface area contributed by atoms with Gasteiger partial charge in [-0.1, -0.05) is 12.1 Å². The maximum absolute atomic E-state index is 13.1. The summed E-state index contributed by atoms with van der Waals surface area (Å²) in [6, 6.07) is 4.86. The Bertz CT molecular complexity index is 360. The molecule has 0 radical (unpaired) electrons. The first-order chi connectivity index (χ1) is 6.31. The predicted molar refractivity (Wildman–Crippen MR) is 48.9 cm³/mol. The van der Waals surface area contributed by atoms with Gasteiger partial charge in [0.2, 0.25) is 0 Å². The Morgan fingerprint density at radius 1 is 1.46 bits per heavy atom. The SMILES string of the molecule is NCC1=Cc2cccc(F)c2OC1. The molecular weight excluding hydrogens is 169 g/mol. The molecule has 2 rings (SSSR count). The monoisotopic (exact) mass is 179 g/mol. The Balaban J connectivity index is 2.47. The van der Waals surface area contributed by atoms with Crippen LogP contribution >= 0.6 is 0 Å². The van der Waals surface area contributed by atoms with E-state index in [2.05, 4.69) is 0 Å². The third-order valence-electron chi connectivity index (χ3n) is 2.02. The first-order valence-electron chi connectivity index (χ1n) is 4.12. The van der Waals surface area contributed by atoms with Crippen molar-refractivity contribution in [2.75, 3.05) is 13.2 Å². The number of para-hydroxylation sites is 1. The zero-order valence-electron chi connectivity index (χ0n) is 7.09. The third kappa shape index (κ3) is 1.42. The van der Waals surface area contributed by atoms with E-state index >= 15 is 0 Å². The molecule has 0 spiro atoms. The fourth-order valence-electron chi connectivity index (χ4n) is 1.34. The minimum absolute atomic E-state index is 0.315. The van der Waals surface area contributed by atoms with Crippen LogP contribution in [-0.4, -0.2) is 13.2 Å². The van der Waals surface area contributed by atoms with Crippen molar-refractivity contribution in [1.82, 2.24) is 0 Å². The molecular formula is C10H10FNO. The maximum atomic E-state index is 13.1. The molecule has 0 amide bonds. The Kier molecular flexibility index (Phi) is 2.02. The van der Waals surface area contributed by atoms with Crippen molar-refractivity contribution < 1.29 is 9.13 Å². The van der Waals surface area contributed by atoms with Crippen LogP contribution in [0.1, 0.15) is 5.56 Å². The summed E-state index contributed by atoms with van der Waals surface area (Å²) in [7, 11) is 0. The van der Waals surface area contributed by atoms with Crippen LogP contribution in [0.4, 0.5) is 4.39 Å². The summed E-state index contributed by atoms with van der Waals surface area (Å²) in [4.78, 5) is 0. The number of benzene rings is 1. The van der Waals surface area contributed by atoms with E-state index in [0.717, 1.165) is 11.1 Å². The van der Waals surface area contributed by atoms with Gasteiger partial charge in [-0.2, -0.15) is 0 Å². The molecule has 1 heterocycles. The molecule has 1 aromatic rings. The maximum Gasteiger partial charge on any atom is 0.165 e. The lowest BCUT2D eigenvalue weighted by Gasteiger charge is -2.17. The Hall–Kier alpha value is -1.35. The van der Waals surface area contributed by atoms with Crippen molar-refractivity contribution >= 4 is 6.08 Å². The van der Waals surface area contributed by atoms with Crippen LogP contribution in [0.25, 0.3) is 6.08 Å². The van der Waals surface area contributed by atoms with Crippen molar-refractivity contribution in [3.8, 4) is 5.75 Å². The molecule has 2 nitrogen and oxygen atoms in total. The van der Waals surface area contributed by atoms with Crippen LogP contribution in [0.15, 0.2) is 23.8 Å². The van der Waals surface area contributed by atoms with E-state index < -0.39 is 0 Å². The van der Waals surface area contributed by atoms with Gasteiger partial charge in [-0.3, -0.25) is 0 Å². The minimum atomic E-state index is -0.315. The first-order valence-corrected chi connectivity index (χ1v) is 4.12. The summed E-state index contributed by atoms with van der Waals surface area (Å²) in [6.45, 7) is 0.848. The fourth-order valence-corrected chi connectivity index (χ4v) is 1.34. The molecule has 0 unspecified atom stereocenters. The largest absolute Gasteiger partial charge is 0.485 e. The molecule has 1 aliphatic heterocycles. The molecule has 1 aromatic carbocycles. The quantitative estimate of drug-likeness (QED) is 0.710. The van der Waals surface area contributed by atoms with Gasteiger partial charge in [0.25, 0.3) is 0 Å². The molecule has 13 heavy (non-hydrogen) atoms. The molecule has 0 atom stereocenters. The van der Waals surface area contributed by atoms with Crippen LogP contribution in [-0.2, 0) is 0 Å². The number of nitrogens with two attached hydrogens (primary N) is 1. The first kappa shape index (κ1) is 8.26. The Morgan fingerprint density at radius 2 is 2.31 bits per heavy atom. The number of fused-ring (bicyclic) bond motifs is 1. The highest BCUT2D eigenvalue weighted by molar-refractivity contribution is 5.62. The summed E-state index contributed by atoms with van der Waals surface area (Å²) in [6.07, 6.45) is 1.88. The number of rotatable bonds is 1. The molecule has 0 aromatic heterocycles. The Labute approximate surface area is 75.8 Å². The van der Waals surface area contributed by atoms with Gasteiger partial charge in [-0.25, -0.2) is 4.39 Å². The van der Waals surface area contributed by atoms with Crippen LogP contribution in [0.3, 0.4) is 0 Å². The van der Waals surface area contributed by atoms with Gasteiger partial charge < -0.3 is 10.5 Å². The van der Waals surface area contributed by atoms with E-state index in [1.165, 1.54) is 6.07 Å². The summed E-state index contributed by atoms with van der Waals surface area (Å²) >= 11 is 0. The van der Waals surface area contributed by atoms with Gasteiger partial charge in [0.15, 0.2) is 11.6 Å². The van der Waals surface area contributed by atoms with Crippen LogP contribution in [0.2, 0.25) is 0 Å². The molecule has 0 bridgehead atoms. The average molecular weight is 179 g/mol. The van der Waals surface area contributed by atoms with E-state index in [0.29, 0.717) is 18.9 Å². The van der Waals surface area contributed by atoms with Crippen molar-refractivity contribution in [2.45, 2.75) is 0 Å². The zero-order valence-corrected chi connectivity index (χ0v) is 7.09. The number of ether oxygens (including phenoxy) is 1. The van der Waals surface area contributed by atoms with E-state index in [1.54, 1.807) is 6.07 Å². The molecule has 1 aliphatic rings. The van der Waals surface area contributed by atoms with Gasteiger partial charge in [-0.15, -0.1) is 0 Å². The number of hydrogen-bond acceptors (Lipinski definition) is 2. The zero-order chi connectivity index (χ0) is 9.26. The molecule has 68 valence electrons. The van der Waals surface area contributed by atoms with E-state index in [4.69, 9.17) is 10.5 Å². The summed E-state index contributed by atoms with van der Waals surface area (Å²) < 4.78 is 18.4. The topological polar surface area (TPSA) is 35.2 Å². The standard InChI is InChI=1S/C10H10FNO/c11-9-3-1-2-8-4-7(5-12)6-13-10(8)9/h1-4H,5-6,12H2. The summed E-state index contributed by atoms with van der Waals surface area (Å²) in [5, 5.41) is 0. The van der Waals surface area contributed by atoms with Gasteiger partial charge in [0.05, 0.1) is 0 Å². The van der Waals surface area contributed by atoms with Crippen molar-refractivity contribution in [2.24, 2.45) is 5.73 Å². The highest BCUT2D eigenvalue weighted by Crippen LogP contribution is 2.28. The van der Waals surface area contributed by atoms with Gasteiger partial charge in [0, 0.05) is 12.1 Å². The van der Waals surface area contributed by atoms with Crippen LogP contribution in [0.5, 0.6) is 5.75 Å². The summed E-state index contributed by atoms with van der Waals surface area (Å²) in [5.41, 5.74) is 7.21. The predicted octanol–water partition coefficient (Wildman–Crippen LogP) is 1.56. The Morgan fingerprint density at radius 3 is 3.08 bits per heavy atom. The van der Waals surface area contributed by atoms with Gasteiger partial charge in [-0.05, 0) is 17.7 Å². The molecule has 0 saturated carbocycles. The number of halogens is 1. The lowest BCUT2D eigenvalue weighted by atomic mass is 10.1. The van der Waals surface area contributed by atoms with Crippen molar-refractivity contribution in [1.29, 1.82) is 0 Å². The summed E-state index contributed by atoms with van der Waals surface area (Å²) in [5.74, 6) is 0.0181. The number of hydrogen-bond donors (Lipinski definition) is 1. The highest BCUT2D eigenvalue weighted by atomic mass is 19.1. The average Bonchev–Trinajstić information content (AvgIpc) is 2.18.